The third-order valence-electron chi connectivity index (χ3n) is 12.3. The molecule has 39 heavy (non-hydrogen) atoms. The first-order chi connectivity index (χ1) is 18.5. The molecule has 0 radical (unpaired) electrons. The van der Waals surface area contributed by atoms with Crippen molar-refractivity contribution in [2.45, 2.75) is 116 Å². The standard InChI is InChI=1S/C37H45N2/c1-9-36(7)27-17-12-11-16-26(27)33-38(32-24(3)14-13-15-25(32)4)30-22-28-29(23-31(30)39(33)37(36,8)10-2)35(6)20-18-34(28,5)19-21-35/h11-17,22-23H,9-10,18-21H2,1-8H3/q+1. The smallest absolute Gasteiger partial charge is 0.216 e. The van der Waals surface area contributed by atoms with Gasteiger partial charge in [-0.2, -0.15) is 4.57 Å². The zero-order valence-electron chi connectivity index (χ0n) is 25.3. The highest BCUT2D eigenvalue weighted by Gasteiger charge is 2.57. The summed E-state index contributed by atoms with van der Waals surface area (Å²) in [6, 6.07) is 21.4. The second-order valence-electron chi connectivity index (χ2n) is 14.1. The van der Waals surface area contributed by atoms with Gasteiger partial charge in [-0.15, -0.1) is 0 Å². The summed E-state index contributed by atoms with van der Waals surface area (Å²) in [6.45, 7) is 19.5. The topological polar surface area (TPSA) is 8.81 Å². The van der Waals surface area contributed by atoms with Crippen molar-refractivity contribution in [1.82, 2.24) is 4.57 Å². The molecule has 2 unspecified atom stereocenters. The predicted octanol–water partition coefficient (Wildman–Crippen LogP) is 9.11. The fourth-order valence-corrected chi connectivity index (χ4v) is 9.10. The Kier molecular flexibility index (Phi) is 5.07. The van der Waals surface area contributed by atoms with Gasteiger partial charge in [0.1, 0.15) is 11.2 Å². The molecule has 0 N–H and O–H groups in total. The SMILES string of the molecule is CCC1(C)c2ccccc2-c2n(-c3c(C)cccc3C)c3cc4c(cc3[n+]2C1(C)CC)C1(C)CCC4(C)CC1. The Morgan fingerprint density at radius 1 is 0.718 bits per heavy atom. The Bertz CT molecular complexity index is 1640. The lowest BCUT2D eigenvalue weighted by atomic mass is 9.52. The van der Waals surface area contributed by atoms with Crippen LogP contribution in [0.3, 0.4) is 0 Å². The lowest BCUT2D eigenvalue weighted by molar-refractivity contribution is -0.743. The Balaban J connectivity index is 1.74. The van der Waals surface area contributed by atoms with Gasteiger partial charge in [0.05, 0.1) is 5.56 Å². The minimum Gasteiger partial charge on any atom is -0.216 e. The van der Waals surface area contributed by atoms with Gasteiger partial charge in [-0.1, -0.05) is 71.0 Å². The summed E-state index contributed by atoms with van der Waals surface area (Å²) in [4.78, 5) is 0. The van der Waals surface area contributed by atoms with Crippen LogP contribution in [-0.2, 0) is 21.8 Å². The van der Waals surface area contributed by atoms with Crippen LogP contribution in [0.15, 0.2) is 54.6 Å². The van der Waals surface area contributed by atoms with Crippen molar-refractivity contribution in [1.29, 1.82) is 0 Å². The summed E-state index contributed by atoms with van der Waals surface area (Å²) in [5, 5.41) is 0. The van der Waals surface area contributed by atoms with Crippen molar-refractivity contribution < 1.29 is 4.57 Å². The normalized spacial score (nSPS) is 30.8. The number of para-hydroxylation sites is 1. The molecule has 2 heteroatoms. The fourth-order valence-electron chi connectivity index (χ4n) is 9.10. The molecule has 4 aliphatic rings. The number of fused-ring (bicyclic) bond motifs is 7. The molecule has 1 saturated carbocycles. The molecule has 1 fully saturated rings. The van der Waals surface area contributed by atoms with E-state index >= 15 is 0 Å². The highest BCUT2D eigenvalue weighted by atomic mass is 15.2. The van der Waals surface area contributed by atoms with Crippen molar-refractivity contribution in [3.63, 3.8) is 0 Å². The van der Waals surface area contributed by atoms with E-state index in [-0.39, 0.29) is 16.4 Å². The molecule has 2 heterocycles. The van der Waals surface area contributed by atoms with Gasteiger partial charge in [0, 0.05) is 5.41 Å². The molecule has 0 saturated heterocycles. The third kappa shape index (κ3) is 2.91. The summed E-state index contributed by atoms with van der Waals surface area (Å²) in [6.07, 6.45) is 7.43. The molecule has 8 rings (SSSR count). The molecule has 1 aliphatic heterocycles. The molecule has 0 amide bonds. The van der Waals surface area contributed by atoms with Gasteiger partial charge >= 0.3 is 0 Å². The van der Waals surface area contributed by atoms with Crippen molar-refractivity contribution in [2.75, 3.05) is 0 Å². The average molecular weight is 518 g/mol. The van der Waals surface area contributed by atoms with Crippen LogP contribution < -0.4 is 4.57 Å². The molecule has 2 nitrogen and oxygen atoms in total. The molecular formula is C37H45N2+. The first kappa shape index (κ1) is 25.1. The van der Waals surface area contributed by atoms with Crippen LogP contribution in [0, 0.1) is 13.8 Å². The van der Waals surface area contributed by atoms with Crippen molar-refractivity contribution in [3.8, 4) is 17.1 Å². The lowest BCUT2D eigenvalue weighted by Gasteiger charge is -2.52. The largest absolute Gasteiger partial charge is 0.295 e. The second kappa shape index (κ2) is 7.87. The molecular weight excluding hydrogens is 472 g/mol. The predicted molar refractivity (Wildman–Crippen MR) is 163 cm³/mol. The van der Waals surface area contributed by atoms with Crippen LogP contribution in [-0.4, -0.2) is 4.57 Å². The number of hydrogen-bond acceptors (Lipinski definition) is 0. The van der Waals surface area contributed by atoms with Gasteiger partial charge in [0.25, 0.3) is 5.82 Å². The number of nitrogens with zero attached hydrogens (tertiary/aromatic N) is 2. The second-order valence-corrected chi connectivity index (χ2v) is 14.1. The maximum absolute atomic E-state index is 2.80. The fraction of sp³-hybridized carbons (Fsp3) is 0.486. The van der Waals surface area contributed by atoms with E-state index in [2.05, 4.69) is 119 Å². The number of hydrogen-bond donors (Lipinski definition) is 0. The lowest BCUT2D eigenvalue weighted by Crippen LogP contribution is -2.67. The van der Waals surface area contributed by atoms with Crippen LogP contribution in [0.25, 0.3) is 28.1 Å². The van der Waals surface area contributed by atoms with E-state index in [0.717, 1.165) is 12.8 Å². The van der Waals surface area contributed by atoms with Gasteiger partial charge in [-0.3, -0.25) is 0 Å². The summed E-state index contributed by atoms with van der Waals surface area (Å²) in [5.41, 5.74) is 13.5. The third-order valence-corrected chi connectivity index (χ3v) is 12.3. The van der Waals surface area contributed by atoms with E-state index < -0.39 is 0 Å². The zero-order chi connectivity index (χ0) is 27.5. The highest BCUT2D eigenvalue weighted by molar-refractivity contribution is 5.84. The minimum absolute atomic E-state index is 0.0285. The molecule has 2 atom stereocenters. The summed E-state index contributed by atoms with van der Waals surface area (Å²) in [5.74, 6) is 1.36. The van der Waals surface area contributed by atoms with Gasteiger partial charge in [-0.25, -0.2) is 4.57 Å². The Morgan fingerprint density at radius 2 is 1.31 bits per heavy atom. The Labute approximate surface area is 235 Å². The molecule has 0 spiro atoms. The monoisotopic (exact) mass is 517 g/mol. The minimum atomic E-state index is -0.0573. The number of aryl methyl sites for hydroxylation is 2. The van der Waals surface area contributed by atoms with Crippen molar-refractivity contribution in [3.05, 3.63) is 82.4 Å². The molecule has 2 bridgehead atoms. The first-order valence-corrected chi connectivity index (χ1v) is 15.4. The van der Waals surface area contributed by atoms with E-state index in [0.29, 0.717) is 5.41 Å². The average Bonchev–Trinajstić information content (AvgIpc) is 3.27. The zero-order valence-corrected chi connectivity index (χ0v) is 25.3. The summed E-state index contributed by atoms with van der Waals surface area (Å²) < 4.78 is 5.46. The van der Waals surface area contributed by atoms with E-state index in [1.54, 1.807) is 11.1 Å². The number of rotatable bonds is 3. The molecule has 3 aromatic carbocycles. The Hall–Kier alpha value is -2.87. The number of aromatic nitrogens is 2. The van der Waals surface area contributed by atoms with E-state index in [4.69, 9.17) is 0 Å². The van der Waals surface area contributed by atoms with Crippen LogP contribution >= 0.6 is 0 Å². The van der Waals surface area contributed by atoms with Crippen LogP contribution in [0.1, 0.15) is 108 Å². The van der Waals surface area contributed by atoms with Crippen molar-refractivity contribution in [2.24, 2.45) is 0 Å². The number of imidazole rings is 1. The molecule has 4 aromatic rings. The van der Waals surface area contributed by atoms with E-state index in [9.17, 15) is 0 Å². The van der Waals surface area contributed by atoms with Gasteiger partial charge in [0.15, 0.2) is 11.0 Å². The quantitative estimate of drug-likeness (QED) is 0.240. The van der Waals surface area contributed by atoms with Crippen LogP contribution in [0.2, 0.25) is 0 Å². The Morgan fingerprint density at radius 3 is 1.90 bits per heavy atom. The molecule has 1 aromatic heterocycles. The van der Waals surface area contributed by atoms with Crippen LogP contribution in [0.4, 0.5) is 0 Å². The maximum atomic E-state index is 2.80. The van der Waals surface area contributed by atoms with Crippen LogP contribution in [0.5, 0.6) is 0 Å². The summed E-state index contributed by atoms with van der Waals surface area (Å²) in [7, 11) is 0. The molecule has 3 aliphatic carbocycles. The van der Waals surface area contributed by atoms with Gasteiger partial charge in [0.2, 0.25) is 0 Å². The summed E-state index contributed by atoms with van der Waals surface area (Å²) >= 11 is 0. The highest BCUT2D eigenvalue weighted by Crippen LogP contribution is 2.58. The van der Waals surface area contributed by atoms with Gasteiger partial charge in [-0.05, 0) is 116 Å². The number of benzene rings is 3. The molecule has 202 valence electrons. The van der Waals surface area contributed by atoms with Crippen molar-refractivity contribution >= 4 is 11.0 Å². The van der Waals surface area contributed by atoms with E-state index in [1.165, 1.54) is 70.5 Å². The van der Waals surface area contributed by atoms with Gasteiger partial charge < -0.3 is 0 Å². The maximum Gasteiger partial charge on any atom is 0.295 e. The van der Waals surface area contributed by atoms with E-state index in [1.807, 2.05) is 0 Å². The first-order valence-electron chi connectivity index (χ1n) is 15.4.